The third kappa shape index (κ3) is 2.18. The Morgan fingerprint density at radius 2 is 1.75 bits per heavy atom. The summed E-state index contributed by atoms with van der Waals surface area (Å²) in [6.45, 7) is 0. The van der Waals surface area contributed by atoms with Crippen molar-refractivity contribution in [3.8, 4) is 5.75 Å². The Hall–Kier alpha value is -1.52. The van der Waals surface area contributed by atoms with E-state index in [0.717, 1.165) is 24.7 Å². The molecule has 1 aliphatic rings. The van der Waals surface area contributed by atoms with Gasteiger partial charge in [0.15, 0.2) is 0 Å². The van der Waals surface area contributed by atoms with E-state index in [2.05, 4.69) is 4.74 Å². The van der Waals surface area contributed by atoms with Gasteiger partial charge in [-0.15, -0.1) is 13.2 Å². The van der Waals surface area contributed by atoms with Crippen molar-refractivity contribution >= 4 is 6.29 Å². The highest BCUT2D eigenvalue weighted by Gasteiger charge is 2.44. The van der Waals surface area contributed by atoms with Crippen LogP contribution in [0.1, 0.15) is 18.4 Å². The van der Waals surface area contributed by atoms with Crippen molar-refractivity contribution in [3.05, 3.63) is 29.8 Å². The molecule has 86 valence electrons. The van der Waals surface area contributed by atoms with Crippen LogP contribution in [0.15, 0.2) is 24.3 Å². The van der Waals surface area contributed by atoms with Gasteiger partial charge in [0.2, 0.25) is 0 Å². The molecule has 0 unspecified atom stereocenters. The molecule has 0 radical (unpaired) electrons. The molecule has 0 amide bonds. The number of aldehydes is 1. The maximum absolute atomic E-state index is 11.9. The molecule has 0 atom stereocenters. The fourth-order valence-electron chi connectivity index (χ4n) is 1.60. The number of ether oxygens (including phenoxy) is 1. The monoisotopic (exact) mass is 230 g/mol. The summed E-state index contributed by atoms with van der Waals surface area (Å²) < 4.78 is 39.4. The van der Waals surface area contributed by atoms with E-state index < -0.39 is 11.8 Å². The summed E-state index contributed by atoms with van der Waals surface area (Å²) in [7, 11) is 0. The van der Waals surface area contributed by atoms with E-state index in [4.69, 9.17) is 0 Å². The van der Waals surface area contributed by atoms with E-state index in [-0.39, 0.29) is 5.75 Å². The molecule has 0 aliphatic heterocycles. The number of carbonyl (C=O) groups is 1. The molecule has 0 heterocycles. The molecule has 0 spiro atoms. The minimum Gasteiger partial charge on any atom is -0.406 e. The molecule has 1 aromatic rings. The zero-order valence-electron chi connectivity index (χ0n) is 8.25. The largest absolute Gasteiger partial charge is 0.573 e. The predicted molar refractivity (Wildman–Crippen MR) is 50.1 cm³/mol. The summed E-state index contributed by atoms with van der Waals surface area (Å²) >= 11 is 0. The summed E-state index contributed by atoms with van der Waals surface area (Å²) in [6, 6.07) is 5.46. The Kier molecular flexibility index (Phi) is 2.40. The van der Waals surface area contributed by atoms with Crippen molar-refractivity contribution in [2.75, 3.05) is 0 Å². The first kappa shape index (κ1) is 11.0. The van der Waals surface area contributed by atoms with E-state index in [1.54, 1.807) is 0 Å². The molecule has 5 heteroatoms. The lowest BCUT2D eigenvalue weighted by molar-refractivity contribution is -0.274. The van der Waals surface area contributed by atoms with Crippen LogP contribution in [0, 0.1) is 0 Å². The van der Waals surface area contributed by atoms with Crippen LogP contribution < -0.4 is 4.74 Å². The van der Waals surface area contributed by atoms with E-state index in [1.165, 1.54) is 24.3 Å². The third-order valence-electron chi connectivity index (χ3n) is 2.68. The van der Waals surface area contributed by atoms with Gasteiger partial charge in [-0.3, -0.25) is 0 Å². The Bertz CT molecular complexity index is 391. The zero-order chi connectivity index (χ0) is 11.8. The predicted octanol–water partition coefficient (Wildman–Crippen LogP) is 2.82. The topological polar surface area (TPSA) is 26.3 Å². The van der Waals surface area contributed by atoms with Gasteiger partial charge in [-0.05, 0) is 30.5 Å². The Morgan fingerprint density at radius 1 is 1.19 bits per heavy atom. The van der Waals surface area contributed by atoms with Crippen LogP contribution >= 0.6 is 0 Å². The number of hydrogen-bond acceptors (Lipinski definition) is 2. The molecule has 1 aromatic carbocycles. The minimum absolute atomic E-state index is 0.266. The molecule has 16 heavy (non-hydrogen) atoms. The Balaban J connectivity index is 2.14. The van der Waals surface area contributed by atoms with Gasteiger partial charge in [0, 0.05) is 0 Å². The standard InChI is InChI=1S/C11H9F3O2/c12-11(13,14)16-9-3-1-8(2-4-9)10(7-15)5-6-10/h1-4,7H,5-6H2. The van der Waals surface area contributed by atoms with Crippen LogP contribution in [0.5, 0.6) is 5.75 Å². The smallest absolute Gasteiger partial charge is 0.406 e. The van der Waals surface area contributed by atoms with Gasteiger partial charge < -0.3 is 9.53 Å². The molecule has 1 saturated carbocycles. The molecule has 0 bridgehead atoms. The average molecular weight is 230 g/mol. The summed E-state index contributed by atoms with van der Waals surface area (Å²) in [5.41, 5.74) is 0.286. The molecule has 0 aromatic heterocycles. The summed E-state index contributed by atoms with van der Waals surface area (Å²) in [5.74, 6) is -0.266. The maximum atomic E-state index is 11.9. The van der Waals surface area contributed by atoms with Crippen molar-refractivity contribution in [2.45, 2.75) is 24.6 Å². The third-order valence-corrected chi connectivity index (χ3v) is 2.68. The molecule has 1 fully saturated rings. The van der Waals surface area contributed by atoms with Gasteiger partial charge in [0.1, 0.15) is 12.0 Å². The lowest BCUT2D eigenvalue weighted by Gasteiger charge is -2.11. The van der Waals surface area contributed by atoms with Gasteiger partial charge in [0.05, 0.1) is 5.41 Å². The van der Waals surface area contributed by atoms with Gasteiger partial charge in [-0.25, -0.2) is 0 Å². The molecular weight excluding hydrogens is 221 g/mol. The van der Waals surface area contributed by atoms with Crippen molar-refractivity contribution in [2.24, 2.45) is 0 Å². The molecule has 0 N–H and O–H groups in total. The lowest BCUT2D eigenvalue weighted by atomic mass is 9.98. The molecular formula is C11H9F3O2. The SMILES string of the molecule is O=CC1(c2ccc(OC(F)(F)F)cc2)CC1. The molecule has 2 rings (SSSR count). The second kappa shape index (κ2) is 3.50. The molecule has 2 nitrogen and oxygen atoms in total. The van der Waals surface area contributed by atoms with Crippen LogP contribution in [0.2, 0.25) is 0 Å². The second-order valence-electron chi connectivity index (χ2n) is 3.85. The lowest BCUT2D eigenvalue weighted by Crippen LogP contribution is -2.17. The highest BCUT2D eigenvalue weighted by atomic mass is 19.4. The number of hydrogen-bond donors (Lipinski definition) is 0. The highest BCUT2D eigenvalue weighted by molar-refractivity contribution is 5.73. The zero-order valence-corrected chi connectivity index (χ0v) is 8.25. The maximum Gasteiger partial charge on any atom is 0.573 e. The summed E-state index contributed by atoms with van der Waals surface area (Å²) in [6.07, 6.45) is -2.30. The summed E-state index contributed by atoms with van der Waals surface area (Å²) in [5, 5.41) is 0. The van der Waals surface area contributed by atoms with Crippen molar-refractivity contribution < 1.29 is 22.7 Å². The highest BCUT2D eigenvalue weighted by Crippen LogP contribution is 2.46. The minimum atomic E-state index is -4.68. The Labute approximate surface area is 90.0 Å². The van der Waals surface area contributed by atoms with Gasteiger partial charge in [0.25, 0.3) is 0 Å². The van der Waals surface area contributed by atoms with Crippen LogP contribution in [0.4, 0.5) is 13.2 Å². The molecule has 0 saturated heterocycles. The van der Waals surface area contributed by atoms with Crippen molar-refractivity contribution in [1.29, 1.82) is 0 Å². The van der Waals surface area contributed by atoms with E-state index in [9.17, 15) is 18.0 Å². The number of rotatable bonds is 3. The van der Waals surface area contributed by atoms with Gasteiger partial charge >= 0.3 is 6.36 Å². The van der Waals surface area contributed by atoms with E-state index in [0.29, 0.717) is 0 Å². The van der Waals surface area contributed by atoms with Crippen LogP contribution in [0.25, 0.3) is 0 Å². The summed E-state index contributed by atoms with van der Waals surface area (Å²) in [4.78, 5) is 10.8. The van der Waals surface area contributed by atoms with Crippen LogP contribution in [-0.2, 0) is 10.2 Å². The molecule has 1 aliphatic carbocycles. The van der Waals surface area contributed by atoms with Gasteiger partial charge in [-0.2, -0.15) is 0 Å². The number of benzene rings is 1. The van der Waals surface area contributed by atoms with E-state index in [1.807, 2.05) is 0 Å². The first-order valence-corrected chi connectivity index (χ1v) is 4.78. The normalized spacial score (nSPS) is 17.9. The fraction of sp³-hybridized carbons (Fsp3) is 0.364. The quantitative estimate of drug-likeness (QED) is 0.746. The number of alkyl halides is 3. The van der Waals surface area contributed by atoms with E-state index >= 15 is 0 Å². The average Bonchev–Trinajstić information content (AvgIpc) is 2.97. The first-order valence-electron chi connectivity index (χ1n) is 4.78. The Morgan fingerprint density at radius 3 is 2.12 bits per heavy atom. The first-order chi connectivity index (χ1) is 7.45. The number of carbonyl (C=O) groups excluding carboxylic acids is 1. The van der Waals surface area contributed by atoms with Crippen LogP contribution in [-0.4, -0.2) is 12.6 Å². The fourth-order valence-corrected chi connectivity index (χ4v) is 1.60. The van der Waals surface area contributed by atoms with Crippen molar-refractivity contribution in [1.82, 2.24) is 0 Å². The van der Waals surface area contributed by atoms with Gasteiger partial charge in [-0.1, -0.05) is 12.1 Å². The van der Waals surface area contributed by atoms with Crippen LogP contribution in [0.3, 0.4) is 0 Å². The second-order valence-corrected chi connectivity index (χ2v) is 3.85. The number of halogens is 3. The van der Waals surface area contributed by atoms with Crippen molar-refractivity contribution in [3.63, 3.8) is 0 Å².